The van der Waals surface area contributed by atoms with Gasteiger partial charge >= 0.3 is 5.97 Å². The van der Waals surface area contributed by atoms with Crippen molar-refractivity contribution in [1.82, 2.24) is 14.8 Å². The van der Waals surface area contributed by atoms with Crippen LogP contribution in [0.15, 0.2) is 30.3 Å². The van der Waals surface area contributed by atoms with Crippen molar-refractivity contribution in [3.63, 3.8) is 0 Å². The number of hydrogen-bond donors (Lipinski definition) is 1. The Morgan fingerprint density at radius 3 is 2.59 bits per heavy atom. The van der Waals surface area contributed by atoms with Gasteiger partial charge in [-0.3, -0.25) is 14.5 Å². The number of para-hydroxylation sites is 1. The van der Waals surface area contributed by atoms with Crippen LogP contribution in [0.3, 0.4) is 0 Å². The Hall–Kier alpha value is -2.34. The summed E-state index contributed by atoms with van der Waals surface area (Å²) in [6.07, 6.45) is 3.51. The van der Waals surface area contributed by atoms with Crippen LogP contribution in [0.25, 0.3) is 10.9 Å². The number of unbranched alkanes of at least 4 members (excludes halogenated alkanes) is 2. The third-order valence-corrected chi connectivity index (χ3v) is 5.08. The zero-order chi connectivity index (χ0) is 19.1. The fourth-order valence-electron chi connectivity index (χ4n) is 3.55. The van der Waals surface area contributed by atoms with Gasteiger partial charge in [0, 0.05) is 43.5 Å². The summed E-state index contributed by atoms with van der Waals surface area (Å²) >= 11 is 0. The molecule has 0 saturated carbocycles. The second-order valence-corrected chi connectivity index (χ2v) is 7.02. The molecule has 1 amide bonds. The summed E-state index contributed by atoms with van der Waals surface area (Å²) in [5.41, 5.74) is 1.67. The predicted molar refractivity (Wildman–Crippen MR) is 106 cm³/mol. The summed E-state index contributed by atoms with van der Waals surface area (Å²) in [7, 11) is 0. The Morgan fingerprint density at radius 1 is 1.07 bits per heavy atom. The molecule has 0 aliphatic carbocycles. The molecule has 1 fully saturated rings. The second kappa shape index (κ2) is 9.55. The Morgan fingerprint density at radius 2 is 1.85 bits per heavy atom. The van der Waals surface area contributed by atoms with E-state index in [1.165, 1.54) is 0 Å². The van der Waals surface area contributed by atoms with Crippen LogP contribution in [0.4, 0.5) is 0 Å². The van der Waals surface area contributed by atoms with Gasteiger partial charge in [-0.05, 0) is 38.4 Å². The third-order valence-electron chi connectivity index (χ3n) is 5.08. The van der Waals surface area contributed by atoms with Crippen LogP contribution in [-0.2, 0) is 9.53 Å². The number of rotatable bonds is 8. The SMILES string of the molecule is CCOC(=O)CCCCCN1CCN(C(=O)c2cc3ccccc3[nH]2)CC1. The first kappa shape index (κ1) is 19.4. The molecule has 27 heavy (non-hydrogen) atoms. The number of ether oxygens (including phenoxy) is 1. The molecule has 3 rings (SSSR count). The molecule has 2 heterocycles. The van der Waals surface area contributed by atoms with E-state index in [1.807, 2.05) is 42.2 Å². The number of piperazine rings is 1. The highest BCUT2D eigenvalue weighted by molar-refractivity contribution is 5.98. The smallest absolute Gasteiger partial charge is 0.305 e. The topological polar surface area (TPSA) is 65.6 Å². The summed E-state index contributed by atoms with van der Waals surface area (Å²) in [6, 6.07) is 9.90. The summed E-state index contributed by atoms with van der Waals surface area (Å²) < 4.78 is 4.94. The fraction of sp³-hybridized carbons (Fsp3) is 0.524. The van der Waals surface area contributed by atoms with E-state index < -0.39 is 0 Å². The van der Waals surface area contributed by atoms with E-state index in [4.69, 9.17) is 4.74 Å². The maximum Gasteiger partial charge on any atom is 0.305 e. The summed E-state index contributed by atoms with van der Waals surface area (Å²) in [4.78, 5) is 31.6. The van der Waals surface area contributed by atoms with Gasteiger partial charge in [-0.15, -0.1) is 0 Å². The van der Waals surface area contributed by atoms with Gasteiger partial charge in [0.1, 0.15) is 5.69 Å². The lowest BCUT2D eigenvalue weighted by atomic mass is 10.2. The Bertz CT molecular complexity index is 730. The number of nitrogens with one attached hydrogen (secondary N) is 1. The van der Waals surface area contributed by atoms with Crippen molar-refractivity contribution >= 4 is 22.8 Å². The standard InChI is InChI=1S/C21H29N3O3/c1-2-27-20(25)10-4-3-7-11-23-12-14-24(15-13-23)21(26)19-16-17-8-5-6-9-18(17)22-19/h5-6,8-9,16,22H,2-4,7,10-15H2,1H3. The van der Waals surface area contributed by atoms with Crippen molar-refractivity contribution < 1.29 is 14.3 Å². The number of hydrogen-bond acceptors (Lipinski definition) is 4. The van der Waals surface area contributed by atoms with Crippen LogP contribution in [0, 0.1) is 0 Å². The molecule has 0 bridgehead atoms. The first-order chi connectivity index (χ1) is 13.2. The van der Waals surface area contributed by atoms with Gasteiger partial charge in [0.2, 0.25) is 0 Å². The first-order valence-corrected chi connectivity index (χ1v) is 9.92. The van der Waals surface area contributed by atoms with Gasteiger partial charge in [0.15, 0.2) is 0 Å². The Labute approximate surface area is 160 Å². The summed E-state index contributed by atoms with van der Waals surface area (Å²) in [6.45, 7) is 6.65. The number of H-pyrrole nitrogens is 1. The van der Waals surface area contributed by atoms with Crippen LogP contribution < -0.4 is 0 Å². The molecule has 6 nitrogen and oxygen atoms in total. The van der Waals surface area contributed by atoms with E-state index in [-0.39, 0.29) is 11.9 Å². The molecule has 1 aromatic heterocycles. The molecule has 0 spiro atoms. The maximum absolute atomic E-state index is 12.7. The van der Waals surface area contributed by atoms with Crippen molar-refractivity contribution in [2.24, 2.45) is 0 Å². The predicted octanol–water partition coefficient (Wildman–Crippen LogP) is 3.05. The highest BCUT2D eigenvalue weighted by atomic mass is 16.5. The number of esters is 1. The molecule has 0 unspecified atom stereocenters. The summed E-state index contributed by atoms with van der Waals surface area (Å²) in [5.74, 6) is -0.0121. The highest BCUT2D eigenvalue weighted by Gasteiger charge is 2.23. The number of aromatic nitrogens is 1. The lowest BCUT2D eigenvalue weighted by Crippen LogP contribution is -2.48. The quantitative estimate of drug-likeness (QED) is 0.572. The van der Waals surface area contributed by atoms with Gasteiger partial charge in [-0.2, -0.15) is 0 Å². The third kappa shape index (κ3) is 5.32. The van der Waals surface area contributed by atoms with Crippen LogP contribution in [0.5, 0.6) is 0 Å². The average Bonchev–Trinajstić information content (AvgIpc) is 3.12. The van der Waals surface area contributed by atoms with E-state index in [2.05, 4.69) is 9.88 Å². The van der Waals surface area contributed by atoms with Crippen LogP contribution in [0.2, 0.25) is 0 Å². The number of carbonyl (C=O) groups is 2. The molecule has 1 aliphatic rings. The molecular weight excluding hydrogens is 342 g/mol. The molecule has 6 heteroatoms. The van der Waals surface area contributed by atoms with E-state index in [9.17, 15) is 9.59 Å². The fourth-order valence-corrected chi connectivity index (χ4v) is 3.55. The van der Waals surface area contributed by atoms with E-state index in [1.54, 1.807) is 0 Å². The van der Waals surface area contributed by atoms with Crippen molar-refractivity contribution in [3.05, 3.63) is 36.0 Å². The molecule has 2 aromatic rings. The molecule has 1 saturated heterocycles. The average molecular weight is 371 g/mol. The molecule has 1 aliphatic heterocycles. The van der Waals surface area contributed by atoms with Gasteiger partial charge in [0.05, 0.1) is 6.61 Å². The largest absolute Gasteiger partial charge is 0.466 e. The lowest BCUT2D eigenvalue weighted by molar-refractivity contribution is -0.143. The number of nitrogens with zero attached hydrogens (tertiary/aromatic N) is 2. The highest BCUT2D eigenvalue weighted by Crippen LogP contribution is 2.17. The molecule has 146 valence electrons. The van der Waals surface area contributed by atoms with Gasteiger partial charge in [0.25, 0.3) is 5.91 Å². The van der Waals surface area contributed by atoms with Gasteiger partial charge in [-0.1, -0.05) is 24.6 Å². The van der Waals surface area contributed by atoms with Crippen LogP contribution in [0.1, 0.15) is 43.1 Å². The zero-order valence-corrected chi connectivity index (χ0v) is 16.1. The summed E-state index contributed by atoms with van der Waals surface area (Å²) in [5, 5.41) is 1.07. The lowest BCUT2D eigenvalue weighted by Gasteiger charge is -2.34. The minimum absolute atomic E-state index is 0.0836. The number of fused-ring (bicyclic) bond motifs is 1. The van der Waals surface area contributed by atoms with Crippen LogP contribution >= 0.6 is 0 Å². The molecule has 0 radical (unpaired) electrons. The van der Waals surface area contributed by atoms with E-state index in [0.29, 0.717) is 18.7 Å². The maximum atomic E-state index is 12.7. The second-order valence-electron chi connectivity index (χ2n) is 7.02. The Kier molecular flexibility index (Phi) is 6.87. The molecular formula is C21H29N3O3. The normalized spacial score (nSPS) is 15.2. The van der Waals surface area contributed by atoms with Crippen molar-refractivity contribution in [2.45, 2.75) is 32.6 Å². The molecule has 1 aromatic carbocycles. The zero-order valence-electron chi connectivity index (χ0n) is 16.1. The Balaban J connectivity index is 1.37. The minimum atomic E-state index is -0.0957. The van der Waals surface area contributed by atoms with Gasteiger partial charge in [-0.25, -0.2) is 0 Å². The monoisotopic (exact) mass is 371 g/mol. The van der Waals surface area contributed by atoms with Gasteiger partial charge < -0.3 is 14.6 Å². The van der Waals surface area contributed by atoms with Crippen molar-refractivity contribution in [2.75, 3.05) is 39.3 Å². The van der Waals surface area contributed by atoms with E-state index in [0.717, 1.165) is 62.9 Å². The first-order valence-electron chi connectivity index (χ1n) is 9.92. The number of carbonyl (C=O) groups excluding carboxylic acids is 2. The number of amides is 1. The van der Waals surface area contributed by atoms with Crippen molar-refractivity contribution in [3.8, 4) is 0 Å². The number of aromatic amines is 1. The molecule has 1 N–H and O–H groups in total. The van der Waals surface area contributed by atoms with E-state index >= 15 is 0 Å². The molecule has 0 atom stereocenters. The number of benzene rings is 1. The van der Waals surface area contributed by atoms with Crippen LogP contribution in [-0.4, -0.2) is 66.0 Å². The minimum Gasteiger partial charge on any atom is -0.466 e. The van der Waals surface area contributed by atoms with Crippen molar-refractivity contribution in [1.29, 1.82) is 0 Å².